The Morgan fingerprint density at radius 2 is 1.72 bits per heavy atom. The zero-order chi connectivity index (χ0) is 23.3. The van der Waals surface area contributed by atoms with Crippen molar-refractivity contribution >= 4 is 12.0 Å². The lowest BCUT2D eigenvalue weighted by atomic mass is 9.88. The Morgan fingerprint density at radius 1 is 1.06 bits per heavy atom. The third kappa shape index (κ3) is 4.98. The summed E-state index contributed by atoms with van der Waals surface area (Å²) in [7, 11) is 4.55. The molecule has 0 aromatic heterocycles. The van der Waals surface area contributed by atoms with E-state index in [1.807, 2.05) is 56.3 Å². The minimum absolute atomic E-state index is 0.225. The first-order chi connectivity index (χ1) is 15.4. The van der Waals surface area contributed by atoms with Crippen LogP contribution in [0.2, 0.25) is 0 Å². The summed E-state index contributed by atoms with van der Waals surface area (Å²) >= 11 is 0. The summed E-state index contributed by atoms with van der Waals surface area (Å²) in [6.45, 7) is 4.51. The zero-order valence-electron chi connectivity index (χ0n) is 19.4. The number of benzene rings is 2. The number of hydrogen-bond donors (Lipinski definition) is 1. The maximum Gasteiger partial charge on any atom is 0.328 e. The number of esters is 1. The SMILES string of the molecule is COC(=O)[C@H](CC(C)C)NC(=O)N1CCc2cc(OC)c(OC)cc2C1c1ccccc1. The van der Waals surface area contributed by atoms with Gasteiger partial charge in [0, 0.05) is 6.54 Å². The molecule has 0 fully saturated rings. The van der Waals surface area contributed by atoms with Crippen molar-refractivity contribution in [3.8, 4) is 11.5 Å². The standard InChI is InChI=1S/C25H32N2O5/c1-16(2)13-20(24(28)32-5)26-25(29)27-12-11-18-14-21(30-3)22(31-4)15-19(18)23(27)17-9-7-6-8-10-17/h6-10,14-16,20,23H,11-13H2,1-5H3,(H,26,29)/t20-,23?/m0/s1. The van der Waals surface area contributed by atoms with E-state index >= 15 is 0 Å². The monoisotopic (exact) mass is 440 g/mol. The van der Waals surface area contributed by atoms with Crippen LogP contribution >= 0.6 is 0 Å². The normalized spacial score (nSPS) is 16.2. The summed E-state index contributed by atoms with van der Waals surface area (Å²) in [6, 6.07) is 12.5. The molecular formula is C25H32N2O5. The molecule has 7 heteroatoms. The van der Waals surface area contributed by atoms with Crippen LogP contribution in [0.4, 0.5) is 4.79 Å². The minimum Gasteiger partial charge on any atom is -0.493 e. The Balaban J connectivity index is 2.00. The van der Waals surface area contributed by atoms with Gasteiger partial charge >= 0.3 is 12.0 Å². The highest BCUT2D eigenvalue weighted by Gasteiger charge is 2.35. The van der Waals surface area contributed by atoms with E-state index in [0.717, 1.165) is 16.7 Å². The summed E-state index contributed by atoms with van der Waals surface area (Å²) in [4.78, 5) is 27.5. The fraction of sp³-hybridized carbons (Fsp3) is 0.440. The molecule has 0 aliphatic carbocycles. The van der Waals surface area contributed by atoms with Crippen LogP contribution in [-0.4, -0.2) is 50.8 Å². The van der Waals surface area contributed by atoms with Gasteiger partial charge in [-0.2, -0.15) is 0 Å². The van der Waals surface area contributed by atoms with Gasteiger partial charge < -0.3 is 24.4 Å². The third-order valence-corrected chi connectivity index (χ3v) is 5.74. The van der Waals surface area contributed by atoms with Crippen LogP contribution in [0.3, 0.4) is 0 Å². The number of carbonyl (C=O) groups excluding carboxylic acids is 2. The van der Waals surface area contributed by atoms with Crippen molar-refractivity contribution in [1.29, 1.82) is 0 Å². The number of fused-ring (bicyclic) bond motifs is 1. The van der Waals surface area contributed by atoms with E-state index in [1.165, 1.54) is 7.11 Å². The van der Waals surface area contributed by atoms with Crippen molar-refractivity contribution in [2.75, 3.05) is 27.9 Å². The molecule has 0 spiro atoms. The molecule has 2 aromatic rings. The number of amides is 2. The highest BCUT2D eigenvalue weighted by molar-refractivity contribution is 5.84. The summed E-state index contributed by atoms with van der Waals surface area (Å²) < 4.78 is 15.9. The maximum atomic E-state index is 13.4. The lowest BCUT2D eigenvalue weighted by Crippen LogP contribution is -2.51. The molecule has 2 amide bonds. The summed E-state index contributed by atoms with van der Waals surface area (Å²) in [5, 5.41) is 2.91. The second kappa shape index (κ2) is 10.4. The van der Waals surface area contributed by atoms with Gasteiger partial charge in [0.05, 0.1) is 27.4 Å². The number of nitrogens with one attached hydrogen (secondary N) is 1. The van der Waals surface area contributed by atoms with Crippen LogP contribution in [0.15, 0.2) is 42.5 Å². The molecule has 1 unspecified atom stereocenters. The van der Waals surface area contributed by atoms with Gasteiger partial charge in [0.15, 0.2) is 11.5 Å². The second-order valence-corrected chi connectivity index (χ2v) is 8.32. The number of rotatable bonds is 7. The summed E-state index contributed by atoms with van der Waals surface area (Å²) in [5.74, 6) is 1.07. The molecule has 1 aliphatic rings. The molecule has 32 heavy (non-hydrogen) atoms. The molecule has 1 heterocycles. The van der Waals surface area contributed by atoms with Crippen LogP contribution in [0.5, 0.6) is 11.5 Å². The molecule has 0 saturated heterocycles. The van der Waals surface area contributed by atoms with Gasteiger partial charge in [-0.05, 0) is 47.6 Å². The second-order valence-electron chi connectivity index (χ2n) is 8.32. The number of urea groups is 1. The van der Waals surface area contributed by atoms with Crippen molar-refractivity contribution in [2.24, 2.45) is 5.92 Å². The van der Waals surface area contributed by atoms with Gasteiger partial charge in [-0.15, -0.1) is 0 Å². The van der Waals surface area contributed by atoms with Gasteiger partial charge in [0.2, 0.25) is 0 Å². The number of methoxy groups -OCH3 is 3. The molecule has 7 nitrogen and oxygen atoms in total. The number of ether oxygens (including phenoxy) is 3. The van der Waals surface area contributed by atoms with Gasteiger partial charge in [-0.25, -0.2) is 9.59 Å². The fourth-order valence-corrected chi connectivity index (χ4v) is 4.22. The van der Waals surface area contributed by atoms with Gasteiger partial charge in [0.1, 0.15) is 6.04 Å². The van der Waals surface area contributed by atoms with Crippen molar-refractivity contribution < 1.29 is 23.8 Å². The van der Waals surface area contributed by atoms with Gasteiger partial charge in [-0.1, -0.05) is 44.2 Å². The fourth-order valence-electron chi connectivity index (χ4n) is 4.22. The summed E-state index contributed by atoms with van der Waals surface area (Å²) in [5.41, 5.74) is 3.07. The van der Waals surface area contributed by atoms with Crippen LogP contribution in [0.25, 0.3) is 0 Å². The molecule has 2 atom stereocenters. The quantitative estimate of drug-likeness (QED) is 0.660. The summed E-state index contributed by atoms with van der Waals surface area (Å²) in [6.07, 6.45) is 1.17. The van der Waals surface area contributed by atoms with E-state index in [1.54, 1.807) is 19.1 Å². The largest absolute Gasteiger partial charge is 0.493 e. The van der Waals surface area contributed by atoms with E-state index in [0.29, 0.717) is 30.9 Å². The molecular weight excluding hydrogens is 408 g/mol. The topological polar surface area (TPSA) is 77.1 Å². The highest BCUT2D eigenvalue weighted by Crippen LogP contribution is 2.41. The Bertz CT molecular complexity index is 945. The lowest BCUT2D eigenvalue weighted by Gasteiger charge is -2.38. The Hall–Kier alpha value is -3.22. The van der Waals surface area contributed by atoms with E-state index < -0.39 is 12.0 Å². The number of nitrogens with zero attached hydrogens (tertiary/aromatic N) is 1. The number of carbonyl (C=O) groups is 2. The maximum absolute atomic E-state index is 13.4. The van der Waals surface area contributed by atoms with Gasteiger partial charge in [-0.3, -0.25) is 0 Å². The predicted molar refractivity (Wildman–Crippen MR) is 122 cm³/mol. The molecule has 0 radical (unpaired) electrons. The van der Waals surface area contributed by atoms with Crippen LogP contribution < -0.4 is 14.8 Å². The molecule has 0 bridgehead atoms. The Morgan fingerprint density at radius 3 is 2.31 bits per heavy atom. The molecule has 3 rings (SSSR count). The first-order valence-corrected chi connectivity index (χ1v) is 10.8. The van der Waals surface area contributed by atoms with Crippen molar-refractivity contribution in [3.63, 3.8) is 0 Å². The van der Waals surface area contributed by atoms with Gasteiger partial charge in [0.25, 0.3) is 0 Å². The zero-order valence-corrected chi connectivity index (χ0v) is 19.4. The molecule has 1 N–H and O–H groups in total. The Labute approximate surface area is 189 Å². The third-order valence-electron chi connectivity index (χ3n) is 5.74. The average Bonchev–Trinajstić information content (AvgIpc) is 2.81. The van der Waals surface area contributed by atoms with Crippen molar-refractivity contribution in [1.82, 2.24) is 10.2 Å². The minimum atomic E-state index is -0.698. The average molecular weight is 441 g/mol. The molecule has 0 saturated carbocycles. The number of hydrogen-bond acceptors (Lipinski definition) is 5. The molecule has 1 aliphatic heterocycles. The van der Waals surface area contributed by atoms with E-state index in [4.69, 9.17) is 14.2 Å². The first kappa shape index (κ1) is 23.4. The van der Waals surface area contributed by atoms with Crippen molar-refractivity contribution in [2.45, 2.75) is 38.8 Å². The first-order valence-electron chi connectivity index (χ1n) is 10.8. The van der Waals surface area contributed by atoms with E-state index in [2.05, 4.69) is 5.32 Å². The predicted octanol–water partition coefficient (Wildman–Crippen LogP) is 3.95. The lowest BCUT2D eigenvalue weighted by molar-refractivity contribution is -0.143. The van der Waals surface area contributed by atoms with E-state index in [9.17, 15) is 9.59 Å². The smallest absolute Gasteiger partial charge is 0.328 e. The highest BCUT2D eigenvalue weighted by atomic mass is 16.5. The molecule has 172 valence electrons. The van der Waals surface area contributed by atoms with Crippen LogP contribution in [0.1, 0.15) is 43.0 Å². The Kier molecular flexibility index (Phi) is 7.62. The van der Waals surface area contributed by atoms with Crippen LogP contribution in [-0.2, 0) is 16.0 Å². The van der Waals surface area contributed by atoms with Crippen LogP contribution in [0, 0.1) is 5.92 Å². The van der Waals surface area contributed by atoms with E-state index in [-0.39, 0.29) is 18.0 Å². The molecule has 2 aromatic carbocycles. The van der Waals surface area contributed by atoms with Crippen molar-refractivity contribution in [3.05, 3.63) is 59.2 Å².